The van der Waals surface area contributed by atoms with Gasteiger partial charge in [-0.2, -0.15) is 0 Å². The van der Waals surface area contributed by atoms with Crippen molar-refractivity contribution in [1.82, 2.24) is 0 Å². The molecule has 0 amide bonds. The molecule has 0 bridgehead atoms. The van der Waals surface area contributed by atoms with Gasteiger partial charge in [0.2, 0.25) is 0 Å². The first-order valence-corrected chi connectivity index (χ1v) is 11.9. The van der Waals surface area contributed by atoms with E-state index in [1.807, 2.05) is 0 Å². The molecule has 0 aromatic rings. The molecule has 0 saturated carbocycles. The molecule has 0 spiro atoms. The monoisotopic (exact) mass is 426 g/mol. The molecule has 0 aliphatic heterocycles. The van der Waals surface area contributed by atoms with Crippen molar-refractivity contribution in [2.75, 3.05) is 26.4 Å². The van der Waals surface area contributed by atoms with Gasteiger partial charge in [-0.25, -0.2) is 0 Å². The molecule has 4 atom stereocenters. The van der Waals surface area contributed by atoms with Crippen LogP contribution in [0, 0.1) is 10.8 Å². The molecule has 2 N–H and O–H groups in total. The highest BCUT2D eigenvalue weighted by Gasteiger charge is 2.39. The highest BCUT2D eigenvalue weighted by molar-refractivity contribution is 6.21. The van der Waals surface area contributed by atoms with E-state index in [1.54, 1.807) is 0 Å². The first-order chi connectivity index (χ1) is 12.9. The molecule has 4 unspecified atom stereocenters. The van der Waals surface area contributed by atoms with Gasteiger partial charge in [0.05, 0.1) is 13.2 Å². The van der Waals surface area contributed by atoms with Crippen LogP contribution in [-0.2, 0) is 4.74 Å². The Balaban J connectivity index is 5.21. The molecular formula is C22H44Cl2O3. The number of hydrogen-bond donors (Lipinski definition) is 2. The van der Waals surface area contributed by atoms with Crippen LogP contribution in [0.1, 0.15) is 91.9 Å². The van der Waals surface area contributed by atoms with Gasteiger partial charge in [0.15, 0.2) is 0 Å². The Bertz CT molecular complexity index is 324. The molecule has 0 aliphatic carbocycles. The second-order valence-corrected chi connectivity index (χ2v) is 9.15. The zero-order chi connectivity index (χ0) is 20.8. The fourth-order valence-corrected chi connectivity index (χ4v) is 5.17. The average Bonchev–Trinajstić information content (AvgIpc) is 2.67. The summed E-state index contributed by atoms with van der Waals surface area (Å²) in [5.74, 6) is 0. The lowest BCUT2D eigenvalue weighted by Crippen LogP contribution is -2.41. The van der Waals surface area contributed by atoms with Crippen LogP contribution in [0.2, 0.25) is 0 Å². The van der Waals surface area contributed by atoms with Gasteiger partial charge < -0.3 is 14.9 Å². The van der Waals surface area contributed by atoms with Crippen molar-refractivity contribution in [3.63, 3.8) is 0 Å². The first kappa shape index (κ1) is 27.5. The average molecular weight is 427 g/mol. The molecule has 0 radical (unpaired) electrons. The molecular weight excluding hydrogens is 383 g/mol. The van der Waals surface area contributed by atoms with E-state index in [-0.39, 0.29) is 34.8 Å². The van der Waals surface area contributed by atoms with E-state index in [9.17, 15) is 10.2 Å². The summed E-state index contributed by atoms with van der Waals surface area (Å²) in [6.45, 7) is 10.2. The summed E-state index contributed by atoms with van der Waals surface area (Å²) in [4.78, 5) is 0. The fourth-order valence-electron chi connectivity index (χ4n) is 4.08. The Hall–Kier alpha value is 0.460. The highest BCUT2D eigenvalue weighted by atomic mass is 35.5. The van der Waals surface area contributed by atoms with E-state index >= 15 is 0 Å². The summed E-state index contributed by atoms with van der Waals surface area (Å²) in [5.41, 5.74) is -0.216. The summed E-state index contributed by atoms with van der Waals surface area (Å²) < 4.78 is 6.34. The molecule has 0 fully saturated rings. The van der Waals surface area contributed by atoms with Gasteiger partial charge in [-0.3, -0.25) is 0 Å². The quantitative estimate of drug-likeness (QED) is 0.258. The lowest BCUT2D eigenvalue weighted by Gasteiger charge is -2.41. The van der Waals surface area contributed by atoms with Crippen LogP contribution in [0.25, 0.3) is 0 Å². The molecule has 3 nitrogen and oxygen atoms in total. The zero-order valence-electron chi connectivity index (χ0n) is 18.1. The highest BCUT2D eigenvalue weighted by Crippen LogP contribution is 2.41. The molecule has 27 heavy (non-hydrogen) atoms. The molecule has 0 aromatic carbocycles. The Morgan fingerprint density at radius 1 is 0.741 bits per heavy atom. The number of ether oxygens (including phenoxy) is 1. The zero-order valence-corrected chi connectivity index (χ0v) is 19.6. The van der Waals surface area contributed by atoms with Crippen molar-refractivity contribution in [2.24, 2.45) is 10.8 Å². The van der Waals surface area contributed by atoms with Crippen LogP contribution in [0.3, 0.4) is 0 Å². The molecule has 0 saturated heterocycles. The predicted molar refractivity (Wildman–Crippen MR) is 118 cm³/mol. The molecule has 5 heteroatoms. The van der Waals surface area contributed by atoms with E-state index in [0.29, 0.717) is 13.2 Å². The minimum atomic E-state index is -0.108. The standard InChI is InChI=1S/C22H44Cl2O3/c1-5-11-19(23)21(7-3,13-9-15-25)17-27-18-22(8-4,14-10-16-26)20(24)12-6-2/h19-20,25-26H,5-18H2,1-4H3. The second-order valence-electron chi connectivity index (χ2n) is 8.09. The van der Waals surface area contributed by atoms with E-state index in [1.165, 1.54) is 0 Å². The van der Waals surface area contributed by atoms with Crippen LogP contribution in [0.5, 0.6) is 0 Å². The smallest absolute Gasteiger partial charge is 0.0536 e. The van der Waals surface area contributed by atoms with Gasteiger partial charge in [0, 0.05) is 34.8 Å². The van der Waals surface area contributed by atoms with Crippen LogP contribution in [0.15, 0.2) is 0 Å². The summed E-state index contributed by atoms with van der Waals surface area (Å²) in [7, 11) is 0. The predicted octanol–water partition coefficient (Wildman–Crippen LogP) is 6.16. The molecule has 0 aliphatic rings. The van der Waals surface area contributed by atoms with Crippen molar-refractivity contribution in [2.45, 2.75) is 103 Å². The Morgan fingerprint density at radius 3 is 1.37 bits per heavy atom. The van der Waals surface area contributed by atoms with Crippen LogP contribution in [-0.4, -0.2) is 47.4 Å². The fraction of sp³-hybridized carbons (Fsp3) is 1.00. The van der Waals surface area contributed by atoms with Crippen molar-refractivity contribution in [1.29, 1.82) is 0 Å². The van der Waals surface area contributed by atoms with Gasteiger partial charge in [-0.1, -0.05) is 40.5 Å². The maximum absolute atomic E-state index is 9.33. The number of rotatable bonds is 18. The minimum Gasteiger partial charge on any atom is -0.396 e. The van der Waals surface area contributed by atoms with Gasteiger partial charge in [-0.15, -0.1) is 23.2 Å². The van der Waals surface area contributed by atoms with Gasteiger partial charge in [0.1, 0.15) is 0 Å². The van der Waals surface area contributed by atoms with Gasteiger partial charge >= 0.3 is 0 Å². The third kappa shape index (κ3) is 8.78. The van der Waals surface area contributed by atoms with E-state index in [2.05, 4.69) is 27.7 Å². The van der Waals surface area contributed by atoms with Gasteiger partial charge in [0.25, 0.3) is 0 Å². The summed E-state index contributed by atoms with van der Waals surface area (Å²) in [6, 6.07) is 0. The Morgan fingerprint density at radius 2 is 1.11 bits per heavy atom. The van der Waals surface area contributed by atoms with Crippen molar-refractivity contribution >= 4 is 23.2 Å². The van der Waals surface area contributed by atoms with Crippen molar-refractivity contribution in [3.8, 4) is 0 Å². The SMILES string of the molecule is CCCC(Cl)C(CC)(CCCO)COCC(CC)(CCCO)C(Cl)CCC. The van der Waals surface area contributed by atoms with Crippen molar-refractivity contribution < 1.29 is 14.9 Å². The van der Waals surface area contributed by atoms with E-state index < -0.39 is 0 Å². The van der Waals surface area contributed by atoms with E-state index in [0.717, 1.165) is 64.2 Å². The van der Waals surface area contributed by atoms with Crippen molar-refractivity contribution in [3.05, 3.63) is 0 Å². The number of aliphatic hydroxyl groups excluding tert-OH is 2. The van der Waals surface area contributed by atoms with Crippen LogP contribution < -0.4 is 0 Å². The van der Waals surface area contributed by atoms with Gasteiger partial charge in [-0.05, 0) is 51.4 Å². The third-order valence-electron chi connectivity index (χ3n) is 6.27. The normalized spacial score (nSPS) is 18.7. The number of hydrogen-bond acceptors (Lipinski definition) is 3. The Labute approximate surface area is 178 Å². The van der Waals surface area contributed by atoms with E-state index in [4.69, 9.17) is 27.9 Å². The summed E-state index contributed by atoms with van der Waals surface area (Å²) in [5, 5.41) is 18.8. The molecule has 0 aromatic heterocycles. The third-order valence-corrected chi connectivity index (χ3v) is 7.63. The minimum absolute atomic E-state index is 0.0509. The van der Waals surface area contributed by atoms with Crippen LogP contribution in [0.4, 0.5) is 0 Å². The lowest BCUT2D eigenvalue weighted by atomic mass is 9.75. The maximum atomic E-state index is 9.33. The molecule has 0 heterocycles. The topological polar surface area (TPSA) is 49.7 Å². The lowest BCUT2D eigenvalue weighted by molar-refractivity contribution is -0.0262. The maximum Gasteiger partial charge on any atom is 0.0536 e. The second kappa shape index (κ2) is 15.3. The largest absolute Gasteiger partial charge is 0.396 e. The first-order valence-electron chi connectivity index (χ1n) is 11.0. The molecule has 164 valence electrons. The van der Waals surface area contributed by atoms with Crippen LogP contribution >= 0.6 is 23.2 Å². The number of halogens is 2. The molecule has 0 rings (SSSR count). The number of aliphatic hydroxyl groups is 2. The summed E-state index contributed by atoms with van der Waals surface area (Å²) in [6.07, 6.45) is 9.15. The summed E-state index contributed by atoms with van der Waals surface area (Å²) >= 11 is 13.6. The number of alkyl halides is 2. The Kier molecular flexibility index (Phi) is 15.6.